The molecule has 2 aliphatic rings. The van der Waals surface area contributed by atoms with Gasteiger partial charge in [-0.05, 0) is 84.9 Å². The molecule has 39 heavy (non-hydrogen) atoms. The van der Waals surface area contributed by atoms with Gasteiger partial charge in [0, 0.05) is 23.6 Å². The van der Waals surface area contributed by atoms with E-state index in [1.165, 1.54) is 44.1 Å². The Kier molecular flexibility index (Phi) is 7.89. The standard InChI is InChI=1S/C35H38N2O2/c1-24-7-16-32(22-33(24)38)37-34(39)21-25(2)35(19-17-30(18-20-35)27-5-3-4-6-27)31-14-12-29(13-15-31)28-10-8-26(23-36)9-11-28/h7-16,22,27,30,38H,2-6,17-21H2,1H3,(H,37,39). The van der Waals surface area contributed by atoms with Crippen LogP contribution < -0.4 is 5.32 Å². The number of amides is 1. The molecule has 0 heterocycles. The number of aromatic hydroxyl groups is 1. The molecule has 1 amide bonds. The number of hydrogen-bond acceptors (Lipinski definition) is 3. The highest BCUT2D eigenvalue weighted by Crippen LogP contribution is 2.51. The maximum absolute atomic E-state index is 13.1. The molecule has 0 aromatic heterocycles. The minimum absolute atomic E-state index is 0.102. The molecule has 4 heteroatoms. The lowest BCUT2D eigenvalue weighted by molar-refractivity contribution is -0.115. The number of phenolic OH excluding ortho intramolecular Hbond substituents is 1. The van der Waals surface area contributed by atoms with Gasteiger partial charge in [-0.2, -0.15) is 5.26 Å². The zero-order valence-corrected chi connectivity index (χ0v) is 22.9. The minimum Gasteiger partial charge on any atom is -0.508 e. The minimum atomic E-state index is -0.231. The molecule has 3 aromatic rings. The Balaban J connectivity index is 1.37. The van der Waals surface area contributed by atoms with Crippen LogP contribution in [-0.4, -0.2) is 11.0 Å². The molecular weight excluding hydrogens is 480 g/mol. The highest BCUT2D eigenvalue weighted by molar-refractivity contribution is 5.92. The van der Waals surface area contributed by atoms with Crippen LogP contribution in [0.25, 0.3) is 11.1 Å². The summed E-state index contributed by atoms with van der Waals surface area (Å²) < 4.78 is 0. The zero-order valence-electron chi connectivity index (χ0n) is 22.9. The Labute approximate surface area is 232 Å². The molecule has 0 unspecified atom stereocenters. The zero-order chi connectivity index (χ0) is 27.4. The van der Waals surface area contributed by atoms with Gasteiger partial charge >= 0.3 is 0 Å². The number of nitriles is 1. The third-order valence-corrected chi connectivity index (χ3v) is 9.28. The van der Waals surface area contributed by atoms with Gasteiger partial charge in [0.1, 0.15) is 5.75 Å². The second-order valence-electron chi connectivity index (χ2n) is 11.6. The molecule has 5 rings (SSSR count). The highest BCUT2D eigenvalue weighted by Gasteiger charge is 2.41. The summed E-state index contributed by atoms with van der Waals surface area (Å²) in [6, 6.07) is 23.8. The monoisotopic (exact) mass is 518 g/mol. The number of phenols is 1. The van der Waals surface area contributed by atoms with Crippen molar-refractivity contribution in [3.05, 3.63) is 95.6 Å². The predicted molar refractivity (Wildman–Crippen MR) is 157 cm³/mol. The molecule has 0 atom stereocenters. The molecule has 0 radical (unpaired) electrons. The molecule has 200 valence electrons. The van der Waals surface area contributed by atoms with E-state index in [1.807, 2.05) is 37.3 Å². The van der Waals surface area contributed by atoms with E-state index in [0.717, 1.165) is 46.9 Å². The van der Waals surface area contributed by atoms with Gasteiger partial charge in [-0.1, -0.05) is 80.3 Å². The number of aryl methyl sites for hydroxylation is 1. The van der Waals surface area contributed by atoms with Crippen molar-refractivity contribution in [3.63, 3.8) is 0 Å². The van der Waals surface area contributed by atoms with Crippen molar-refractivity contribution in [3.8, 4) is 22.9 Å². The molecule has 2 fully saturated rings. The first-order valence-electron chi connectivity index (χ1n) is 14.3. The van der Waals surface area contributed by atoms with Crippen LogP contribution in [0, 0.1) is 30.1 Å². The number of benzene rings is 3. The summed E-state index contributed by atoms with van der Waals surface area (Å²) >= 11 is 0. The van der Waals surface area contributed by atoms with Gasteiger partial charge in [0.15, 0.2) is 0 Å². The first kappa shape index (κ1) is 26.8. The largest absolute Gasteiger partial charge is 0.508 e. The molecule has 0 saturated heterocycles. The van der Waals surface area contributed by atoms with Gasteiger partial charge in [0.2, 0.25) is 5.91 Å². The number of nitrogens with one attached hydrogen (secondary N) is 1. The molecule has 2 saturated carbocycles. The van der Waals surface area contributed by atoms with Gasteiger partial charge in [-0.3, -0.25) is 4.79 Å². The van der Waals surface area contributed by atoms with Crippen LogP contribution in [0.5, 0.6) is 5.75 Å². The van der Waals surface area contributed by atoms with Gasteiger partial charge < -0.3 is 10.4 Å². The lowest BCUT2D eigenvalue weighted by Gasteiger charge is -2.44. The van der Waals surface area contributed by atoms with Crippen molar-refractivity contribution in [2.45, 2.75) is 70.1 Å². The first-order valence-corrected chi connectivity index (χ1v) is 14.3. The summed E-state index contributed by atoms with van der Waals surface area (Å²) in [5.41, 5.74) is 6.19. The summed E-state index contributed by atoms with van der Waals surface area (Å²) in [7, 11) is 0. The summed E-state index contributed by atoms with van der Waals surface area (Å²) in [6.45, 7) is 6.36. The van der Waals surface area contributed by atoms with Crippen molar-refractivity contribution in [1.29, 1.82) is 5.26 Å². The fraction of sp³-hybridized carbons (Fsp3) is 0.371. The fourth-order valence-corrected chi connectivity index (χ4v) is 6.85. The SMILES string of the molecule is C=C(CC(=O)Nc1ccc(C)c(O)c1)C1(c2ccc(-c3ccc(C#N)cc3)cc2)CCC(C2CCCC2)CC1. The molecule has 4 nitrogen and oxygen atoms in total. The van der Waals surface area contributed by atoms with Crippen LogP contribution in [0.1, 0.15) is 74.5 Å². The van der Waals surface area contributed by atoms with Gasteiger partial charge in [0.05, 0.1) is 11.6 Å². The van der Waals surface area contributed by atoms with Crippen LogP contribution in [0.15, 0.2) is 78.9 Å². The summed E-state index contributed by atoms with van der Waals surface area (Å²) in [5, 5.41) is 22.1. The topological polar surface area (TPSA) is 73.1 Å². The molecule has 0 spiro atoms. The van der Waals surface area contributed by atoms with Crippen LogP contribution in [0.3, 0.4) is 0 Å². The number of hydrogen-bond donors (Lipinski definition) is 2. The van der Waals surface area contributed by atoms with Gasteiger partial charge in [-0.25, -0.2) is 0 Å². The van der Waals surface area contributed by atoms with Gasteiger partial charge in [0.25, 0.3) is 0 Å². The van der Waals surface area contributed by atoms with E-state index in [-0.39, 0.29) is 23.5 Å². The number of anilines is 1. The second-order valence-corrected chi connectivity index (χ2v) is 11.6. The Hall–Kier alpha value is -3.84. The molecule has 0 bridgehead atoms. The number of carbonyl (C=O) groups excluding carboxylic acids is 1. The van der Waals surface area contributed by atoms with Crippen molar-refractivity contribution in [1.82, 2.24) is 0 Å². The van der Waals surface area contributed by atoms with Crippen LogP contribution in [-0.2, 0) is 10.2 Å². The molecule has 0 aliphatic heterocycles. The molecule has 2 aliphatic carbocycles. The van der Waals surface area contributed by atoms with Crippen molar-refractivity contribution in [2.75, 3.05) is 5.32 Å². The normalized spacial score (nSPS) is 21.3. The number of carbonyl (C=O) groups is 1. The van der Waals surface area contributed by atoms with Crippen LogP contribution in [0.2, 0.25) is 0 Å². The Morgan fingerprint density at radius 3 is 2.13 bits per heavy atom. The average molecular weight is 519 g/mol. The lowest BCUT2D eigenvalue weighted by atomic mass is 9.60. The van der Waals surface area contributed by atoms with E-state index in [4.69, 9.17) is 5.26 Å². The van der Waals surface area contributed by atoms with Gasteiger partial charge in [-0.15, -0.1) is 0 Å². The van der Waals surface area contributed by atoms with Crippen molar-refractivity contribution in [2.24, 2.45) is 11.8 Å². The smallest absolute Gasteiger partial charge is 0.228 e. The van der Waals surface area contributed by atoms with Crippen LogP contribution >= 0.6 is 0 Å². The average Bonchev–Trinajstić information content (AvgIpc) is 3.50. The Morgan fingerprint density at radius 2 is 1.54 bits per heavy atom. The molecular formula is C35H38N2O2. The number of rotatable bonds is 7. The van der Waals surface area contributed by atoms with Crippen molar-refractivity contribution < 1.29 is 9.90 Å². The van der Waals surface area contributed by atoms with E-state index in [1.54, 1.807) is 12.1 Å². The summed E-state index contributed by atoms with van der Waals surface area (Å²) in [5.74, 6) is 1.70. The van der Waals surface area contributed by atoms with E-state index >= 15 is 0 Å². The van der Waals surface area contributed by atoms with E-state index in [2.05, 4.69) is 42.2 Å². The predicted octanol–water partition coefficient (Wildman–Crippen LogP) is 8.44. The third-order valence-electron chi connectivity index (χ3n) is 9.28. The number of nitrogens with zero attached hydrogens (tertiary/aromatic N) is 1. The first-order chi connectivity index (χ1) is 18.9. The van der Waals surface area contributed by atoms with E-state index in [9.17, 15) is 9.90 Å². The molecule has 2 N–H and O–H groups in total. The Bertz CT molecular complexity index is 1370. The lowest BCUT2D eigenvalue weighted by Crippen LogP contribution is -2.36. The molecule has 3 aromatic carbocycles. The van der Waals surface area contributed by atoms with E-state index in [0.29, 0.717) is 11.3 Å². The highest BCUT2D eigenvalue weighted by atomic mass is 16.3. The van der Waals surface area contributed by atoms with Crippen molar-refractivity contribution >= 4 is 11.6 Å². The van der Waals surface area contributed by atoms with Crippen LogP contribution in [0.4, 0.5) is 5.69 Å². The maximum atomic E-state index is 13.1. The third kappa shape index (κ3) is 5.78. The fourth-order valence-electron chi connectivity index (χ4n) is 6.85. The van der Waals surface area contributed by atoms with E-state index < -0.39 is 0 Å². The maximum Gasteiger partial charge on any atom is 0.228 e. The Morgan fingerprint density at radius 1 is 0.949 bits per heavy atom. The second kappa shape index (κ2) is 11.5. The summed E-state index contributed by atoms with van der Waals surface area (Å²) in [6.07, 6.45) is 10.1. The summed E-state index contributed by atoms with van der Waals surface area (Å²) in [4.78, 5) is 13.1. The quantitative estimate of drug-likeness (QED) is 0.308.